The van der Waals surface area contributed by atoms with E-state index in [1.165, 1.54) is 44.5 Å². The third kappa shape index (κ3) is 5.93. The fourth-order valence-electron chi connectivity index (χ4n) is 6.37. The standard InChI is InChI=1S/C34H37FN4O/c35-27-13-9-10-25(22-27)23-36-34(40)32-29-14-5-6-15-31(29)37-33(26-11-3-1-4-12-26)30(32)24-38-20-16-28(17-21-38)39-18-7-2-8-19-39/h1,3-6,9-15,22,28H,2,7-8,16-21,23-24H2,(H,36,40). The first kappa shape index (κ1) is 26.6. The number of pyridine rings is 1. The van der Waals surface area contributed by atoms with Crippen LogP contribution < -0.4 is 5.32 Å². The second-order valence-electron chi connectivity index (χ2n) is 11.1. The van der Waals surface area contributed by atoms with Gasteiger partial charge < -0.3 is 10.2 Å². The number of aromatic nitrogens is 1. The highest BCUT2D eigenvalue weighted by atomic mass is 19.1. The molecule has 0 bridgehead atoms. The van der Waals surface area contributed by atoms with Gasteiger partial charge in [-0.1, -0.05) is 67.1 Å². The highest BCUT2D eigenvalue weighted by Crippen LogP contribution is 2.32. The lowest BCUT2D eigenvalue weighted by atomic mass is 9.94. The van der Waals surface area contributed by atoms with Gasteiger partial charge in [-0.05, 0) is 75.6 Å². The third-order valence-corrected chi connectivity index (χ3v) is 8.46. The second kappa shape index (κ2) is 12.3. The summed E-state index contributed by atoms with van der Waals surface area (Å²) >= 11 is 0. The molecule has 1 amide bonds. The zero-order valence-electron chi connectivity index (χ0n) is 23.0. The minimum Gasteiger partial charge on any atom is -0.348 e. The van der Waals surface area contributed by atoms with Crippen LogP contribution in [0.4, 0.5) is 4.39 Å². The van der Waals surface area contributed by atoms with Crippen molar-refractivity contribution in [3.05, 3.63) is 101 Å². The van der Waals surface area contributed by atoms with Crippen molar-refractivity contribution in [1.82, 2.24) is 20.1 Å². The minimum absolute atomic E-state index is 0.154. The lowest BCUT2D eigenvalue weighted by Gasteiger charge is -2.40. The van der Waals surface area contributed by atoms with E-state index in [2.05, 4.69) is 27.2 Å². The number of carbonyl (C=O) groups excluding carboxylic acids is 1. The molecule has 2 aliphatic heterocycles. The van der Waals surface area contributed by atoms with E-state index < -0.39 is 0 Å². The molecule has 0 saturated carbocycles. The summed E-state index contributed by atoms with van der Waals surface area (Å²) < 4.78 is 13.8. The summed E-state index contributed by atoms with van der Waals surface area (Å²) in [4.78, 5) is 24.3. The molecule has 2 aliphatic rings. The molecule has 3 aromatic carbocycles. The van der Waals surface area contributed by atoms with Gasteiger partial charge in [-0.25, -0.2) is 9.37 Å². The van der Waals surface area contributed by atoms with Gasteiger partial charge in [-0.2, -0.15) is 0 Å². The number of rotatable bonds is 7. The molecule has 0 aliphatic carbocycles. The number of para-hydroxylation sites is 1. The fourth-order valence-corrected chi connectivity index (χ4v) is 6.37. The van der Waals surface area contributed by atoms with Crippen LogP contribution in [0.15, 0.2) is 78.9 Å². The van der Waals surface area contributed by atoms with E-state index >= 15 is 0 Å². The van der Waals surface area contributed by atoms with Crippen LogP contribution in [0.2, 0.25) is 0 Å². The smallest absolute Gasteiger partial charge is 0.252 e. The van der Waals surface area contributed by atoms with E-state index in [4.69, 9.17) is 4.98 Å². The van der Waals surface area contributed by atoms with Gasteiger partial charge in [0.2, 0.25) is 0 Å². The Morgan fingerprint density at radius 1 is 0.875 bits per heavy atom. The first-order chi connectivity index (χ1) is 19.7. The number of amides is 1. The first-order valence-electron chi connectivity index (χ1n) is 14.6. The van der Waals surface area contributed by atoms with Crippen LogP contribution >= 0.6 is 0 Å². The van der Waals surface area contributed by atoms with Crippen LogP contribution in [0.3, 0.4) is 0 Å². The van der Waals surface area contributed by atoms with E-state index in [-0.39, 0.29) is 18.3 Å². The zero-order valence-corrected chi connectivity index (χ0v) is 23.0. The summed E-state index contributed by atoms with van der Waals surface area (Å²) in [6, 6.07) is 25.1. The average molecular weight is 537 g/mol. The molecule has 2 fully saturated rings. The molecule has 0 spiro atoms. The van der Waals surface area contributed by atoms with Crippen molar-refractivity contribution in [3.63, 3.8) is 0 Å². The van der Waals surface area contributed by atoms with Crippen LogP contribution in [0, 0.1) is 5.82 Å². The molecule has 0 radical (unpaired) electrons. The molecule has 0 unspecified atom stereocenters. The van der Waals surface area contributed by atoms with Gasteiger partial charge in [0.1, 0.15) is 5.82 Å². The van der Waals surface area contributed by atoms with Gasteiger partial charge in [0.25, 0.3) is 5.91 Å². The maximum Gasteiger partial charge on any atom is 0.252 e. The van der Waals surface area contributed by atoms with E-state index in [9.17, 15) is 9.18 Å². The predicted octanol–water partition coefficient (Wildman–Crippen LogP) is 6.42. The van der Waals surface area contributed by atoms with E-state index in [1.807, 2.05) is 48.5 Å². The Morgan fingerprint density at radius 3 is 2.40 bits per heavy atom. The molecular weight excluding hydrogens is 499 g/mol. The predicted molar refractivity (Wildman–Crippen MR) is 158 cm³/mol. The zero-order chi connectivity index (χ0) is 27.3. The normalized spacial score (nSPS) is 17.2. The maximum atomic E-state index is 14.0. The summed E-state index contributed by atoms with van der Waals surface area (Å²) in [5.74, 6) is -0.459. The number of nitrogens with one attached hydrogen (secondary N) is 1. The molecule has 4 aromatic rings. The van der Waals surface area contributed by atoms with Crippen LogP contribution in [-0.2, 0) is 13.1 Å². The van der Waals surface area contributed by atoms with Crippen molar-refractivity contribution in [2.45, 2.75) is 51.2 Å². The molecular formula is C34H37FN4O. The summed E-state index contributed by atoms with van der Waals surface area (Å²) in [7, 11) is 0. The Kier molecular flexibility index (Phi) is 8.17. The van der Waals surface area contributed by atoms with Crippen molar-refractivity contribution in [3.8, 4) is 11.3 Å². The summed E-state index contributed by atoms with van der Waals surface area (Å²) in [6.45, 7) is 5.39. The summed E-state index contributed by atoms with van der Waals surface area (Å²) in [5, 5.41) is 3.93. The van der Waals surface area contributed by atoms with Gasteiger partial charge in [-0.3, -0.25) is 9.69 Å². The van der Waals surface area contributed by atoms with Crippen LogP contribution in [0.25, 0.3) is 22.2 Å². The highest BCUT2D eigenvalue weighted by molar-refractivity contribution is 6.09. The molecule has 1 N–H and O–H groups in total. The number of likely N-dealkylation sites (tertiary alicyclic amines) is 2. The Labute approximate surface area is 236 Å². The largest absolute Gasteiger partial charge is 0.348 e. The number of carbonyl (C=O) groups is 1. The Morgan fingerprint density at radius 2 is 1.62 bits per heavy atom. The molecule has 0 atom stereocenters. The molecule has 3 heterocycles. The lowest BCUT2D eigenvalue weighted by Crippen LogP contribution is -2.46. The van der Waals surface area contributed by atoms with Gasteiger partial charge in [0, 0.05) is 35.6 Å². The van der Waals surface area contributed by atoms with E-state index in [1.54, 1.807) is 6.07 Å². The number of hydrogen-bond donors (Lipinski definition) is 1. The topological polar surface area (TPSA) is 48.5 Å². The van der Waals surface area contributed by atoms with E-state index in [0.29, 0.717) is 18.2 Å². The number of hydrogen-bond acceptors (Lipinski definition) is 4. The van der Waals surface area contributed by atoms with Crippen molar-refractivity contribution in [2.24, 2.45) is 0 Å². The second-order valence-corrected chi connectivity index (χ2v) is 11.1. The fraction of sp³-hybridized carbons (Fsp3) is 0.353. The van der Waals surface area contributed by atoms with E-state index in [0.717, 1.165) is 59.2 Å². The maximum absolute atomic E-state index is 14.0. The SMILES string of the molecule is O=C(NCc1cccc(F)c1)c1c(CN2CCC(N3CCCCC3)CC2)c(-c2ccccc2)nc2ccccc12. The molecule has 2 saturated heterocycles. The van der Waals surface area contributed by atoms with Crippen molar-refractivity contribution in [1.29, 1.82) is 0 Å². The molecule has 206 valence electrons. The van der Waals surface area contributed by atoms with Gasteiger partial charge in [-0.15, -0.1) is 0 Å². The monoisotopic (exact) mass is 536 g/mol. The molecule has 5 nitrogen and oxygen atoms in total. The number of fused-ring (bicyclic) bond motifs is 1. The third-order valence-electron chi connectivity index (χ3n) is 8.46. The molecule has 6 rings (SSSR count). The van der Waals surface area contributed by atoms with Gasteiger partial charge in [0.05, 0.1) is 16.8 Å². The number of nitrogens with zero attached hydrogens (tertiary/aromatic N) is 3. The van der Waals surface area contributed by atoms with Crippen LogP contribution in [0.1, 0.15) is 53.6 Å². The van der Waals surface area contributed by atoms with Crippen molar-refractivity contribution < 1.29 is 9.18 Å². The molecule has 6 heteroatoms. The van der Waals surface area contributed by atoms with Crippen LogP contribution in [-0.4, -0.2) is 52.9 Å². The number of piperidine rings is 2. The Balaban J connectivity index is 1.34. The average Bonchev–Trinajstić information content (AvgIpc) is 3.01. The van der Waals surface area contributed by atoms with Crippen molar-refractivity contribution >= 4 is 16.8 Å². The molecule has 1 aromatic heterocycles. The Bertz CT molecular complexity index is 1460. The summed E-state index contributed by atoms with van der Waals surface area (Å²) in [6.07, 6.45) is 6.30. The van der Waals surface area contributed by atoms with Crippen LogP contribution in [0.5, 0.6) is 0 Å². The van der Waals surface area contributed by atoms with Gasteiger partial charge >= 0.3 is 0 Å². The molecule has 40 heavy (non-hydrogen) atoms. The quantitative estimate of drug-likeness (QED) is 0.296. The number of halogens is 1. The summed E-state index contributed by atoms with van der Waals surface area (Å²) in [5.41, 5.74) is 5.01. The highest BCUT2D eigenvalue weighted by Gasteiger charge is 2.28. The minimum atomic E-state index is -0.305. The lowest BCUT2D eigenvalue weighted by molar-refractivity contribution is 0.0885. The van der Waals surface area contributed by atoms with Gasteiger partial charge in [0.15, 0.2) is 0 Å². The Hall–Kier alpha value is -3.61. The van der Waals surface area contributed by atoms with Crippen molar-refractivity contribution in [2.75, 3.05) is 26.2 Å². The first-order valence-corrected chi connectivity index (χ1v) is 14.6. The number of benzene rings is 3.